The topological polar surface area (TPSA) is 94.4 Å². The highest BCUT2D eigenvalue weighted by Crippen LogP contribution is 2.29. The second kappa shape index (κ2) is 7.41. The van der Waals surface area contributed by atoms with Crippen LogP contribution in [0.5, 0.6) is 5.75 Å². The van der Waals surface area contributed by atoms with Gasteiger partial charge in [0, 0.05) is 17.3 Å². The summed E-state index contributed by atoms with van der Waals surface area (Å²) in [6.07, 6.45) is 3.27. The number of amides is 1. The Kier molecular flexibility index (Phi) is 5.31. The first-order valence-electron chi connectivity index (χ1n) is 6.25. The molecule has 0 spiro atoms. The van der Waals surface area contributed by atoms with E-state index in [1.807, 2.05) is 0 Å². The molecule has 0 aliphatic heterocycles. The standard InChI is InChI=1S/C14H13N3O4S/c1-21-10-2-3-12(13(8-10)17(19)20)16-14(18)9-22-11-4-6-15-7-5-11/h2-8H,9H2,1H3,(H,16,18). The van der Waals surface area contributed by atoms with E-state index in [1.165, 1.54) is 31.0 Å². The van der Waals surface area contributed by atoms with E-state index in [0.717, 1.165) is 4.90 Å². The molecule has 22 heavy (non-hydrogen) atoms. The van der Waals surface area contributed by atoms with Gasteiger partial charge in [-0.2, -0.15) is 0 Å². The third-order valence-electron chi connectivity index (χ3n) is 2.70. The van der Waals surface area contributed by atoms with Gasteiger partial charge in [-0.25, -0.2) is 0 Å². The Morgan fingerprint density at radius 3 is 2.73 bits per heavy atom. The van der Waals surface area contributed by atoms with Crippen molar-refractivity contribution in [1.82, 2.24) is 4.98 Å². The van der Waals surface area contributed by atoms with Crippen LogP contribution in [0.1, 0.15) is 0 Å². The molecule has 1 aromatic heterocycles. The predicted molar refractivity (Wildman–Crippen MR) is 83.2 cm³/mol. The number of carbonyl (C=O) groups is 1. The van der Waals surface area contributed by atoms with E-state index >= 15 is 0 Å². The van der Waals surface area contributed by atoms with Gasteiger partial charge in [-0.15, -0.1) is 11.8 Å². The lowest BCUT2D eigenvalue weighted by Crippen LogP contribution is -2.15. The number of hydrogen-bond donors (Lipinski definition) is 1. The van der Waals surface area contributed by atoms with Crippen LogP contribution < -0.4 is 10.1 Å². The number of ether oxygens (including phenoxy) is 1. The van der Waals surface area contributed by atoms with Gasteiger partial charge in [0.1, 0.15) is 11.4 Å². The first-order valence-corrected chi connectivity index (χ1v) is 7.24. The van der Waals surface area contributed by atoms with Crippen LogP contribution in [0.25, 0.3) is 0 Å². The Morgan fingerprint density at radius 2 is 2.09 bits per heavy atom. The van der Waals surface area contributed by atoms with Crippen LogP contribution in [0.15, 0.2) is 47.6 Å². The van der Waals surface area contributed by atoms with Crippen LogP contribution in [0.3, 0.4) is 0 Å². The first kappa shape index (κ1) is 15.8. The van der Waals surface area contributed by atoms with Gasteiger partial charge in [0.25, 0.3) is 5.69 Å². The lowest BCUT2D eigenvalue weighted by atomic mass is 10.2. The van der Waals surface area contributed by atoms with E-state index in [0.29, 0.717) is 5.75 Å². The van der Waals surface area contributed by atoms with E-state index in [-0.39, 0.29) is 23.0 Å². The minimum atomic E-state index is -0.561. The number of nitrogens with zero attached hydrogens (tertiary/aromatic N) is 2. The van der Waals surface area contributed by atoms with Crippen LogP contribution in [-0.4, -0.2) is 28.7 Å². The average molecular weight is 319 g/mol. The maximum Gasteiger partial charge on any atom is 0.296 e. The number of nitrogens with one attached hydrogen (secondary N) is 1. The number of nitro benzene ring substituents is 1. The number of rotatable bonds is 6. The largest absolute Gasteiger partial charge is 0.496 e. The van der Waals surface area contributed by atoms with Crippen molar-refractivity contribution in [3.05, 3.63) is 52.8 Å². The van der Waals surface area contributed by atoms with E-state index in [9.17, 15) is 14.9 Å². The summed E-state index contributed by atoms with van der Waals surface area (Å²) < 4.78 is 4.94. The average Bonchev–Trinajstić information content (AvgIpc) is 2.54. The van der Waals surface area contributed by atoms with Crippen molar-refractivity contribution < 1.29 is 14.5 Å². The smallest absolute Gasteiger partial charge is 0.296 e. The van der Waals surface area contributed by atoms with Gasteiger partial charge in [0.15, 0.2) is 0 Å². The molecule has 1 N–H and O–H groups in total. The lowest BCUT2D eigenvalue weighted by Gasteiger charge is -2.07. The molecule has 2 aromatic rings. The molecule has 1 amide bonds. The summed E-state index contributed by atoms with van der Waals surface area (Å²) in [5.74, 6) is 0.179. The van der Waals surface area contributed by atoms with E-state index in [1.54, 1.807) is 30.6 Å². The van der Waals surface area contributed by atoms with Crippen molar-refractivity contribution in [1.29, 1.82) is 0 Å². The number of hydrogen-bond acceptors (Lipinski definition) is 6. The number of pyridine rings is 1. The highest BCUT2D eigenvalue weighted by atomic mass is 32.2. The number of methoxy groups -OCH3 is 1. The molecule has 0 saturated heterocycles. The quantitative estimate of drug-likeness (QED) is 0.500. The fourth-order valence-electron chi connectivity index (χ4n) is 1.66. The number of anilines is 1. The number of carbonyl (C=O) groups excluding carboxylic acids is 1. The zero-order valence-electron chi connectivity index (χ0n) is 11.7. The van der Waals surface area contributed by atoms with Crippen molar-refractivity contribution in [2.24, 2.45) is 0 Å². The fraction of sp³-hybridized carbons (Fsp3) is 0.143. The van der Waals surface area contributed by atoms with Gasteiger partial charge < -0.3 is 10.1 Å². The lowest BCUT2D eigenvalue weighted by molar-refractivity contribution is -0.384. The molecule has 0 aliphatic rings. The number of thioether (sulfide) groups is 1. The van der Waals surface area contributed by atoms with Crippen molar-refractivity contribution in [2.45, 2.75) is 4.90 Å². The molecule has 0 atom stereocenters. The molecular formula is C14H13N3O4S. The van der Waals surface area contributed by atoms with Crippen molar-refractivity contribution in [3.8, 4) is 5.75 Å². The Labute approximate surface area is 130 Å². The molecule has 0 unspecified atom stereocenters. The Hall–Kier alpha value is -2.61. The van der Waals surface area contributed by atoms with Gasteiger partial charge >= 0.3 is 0 Å². The normalized spacial score (nSPS) is 10.0. The van der Waals surface area contributed by atoms with Gasteiger partial charge in [-0.3, -0.25) is 19.9 Å². The zero-order valence-corrected chi connectivity index (χ0v) is 12.5. The van der Waals surface area contributed by atoms with E-state index in [2.05, 4.69) is 10.3 Å². The molecule has 0 fully saturated rings. The third kappa shape index (κ3) is 4.19. The van der Waals surface area contributed by atoms with Gasteiger partial charge in [0.2, 0.25) is 5.91 Å². The summed E-state index contributed by atoms with van der Waals surface area (Å²) in [6, 6.07) is 7.85. The minimum absolute atomic E-state index is 0.145. The Balaban J connectivity index is 2.03. The van der Waals surface area contributed by atoms with Crippen molar-refractivity contribution >= 4 is 29.0 Å². The molecule has 2 rings (SSSR count). The van der Waals surface area contributed by atoms with Crippen LogP contribution in [-0.2, 0) is 4.79 Å². The minimum Gasteiger partial charge on any atom is -0.496 e. The van der Waals surface area contributed by atoms with Gasteiger partial charge in [-0.05, 0) is 24.3 Å². The first-order chi connectivity index (χ1) is 10.6. The van der Waals surface area contributed by atoms with Crippen molar-refractivity contribution in [3.63, 3.8) is 0 Å². The molecule has 7 nitrogen and oxygen atoms in total. The third-order valence-corrected chi connectivity index (χ3v) is 3.71. The van der Waals surface area contributed by atoms with Gasteiger partial charge in [-0.1, -0.05) is 0 Å². The summed E-state index contributed by atoms with van der Waals surface area (Å²) in [7, 11) is 1.42. The summed E-state index contributed by atoms with van der Waals surface area (Å²) in [4.78, 5) is 27.2. The molecule has 0 saturated carbocycles. The molecule has 1 heterocycles. The zero-order chi connectivity index (χ0) is 15.9. The summed E-state index contributed by atoms with van der Waals surface area (Å²) in [5.41, 5.74) is -0.0623. The Bertz CT molecular complexity index is 679. The summed E-state index contributed by atoms with van der Waals surface area (Å²) in [5, 5.41) is 13.6. The van der Waals surface area contributed by atoms with Crippen LogP contribution >= 0.6 is 11.8 Å². The SMILES string of the molecule is COc1ccc(NC(=O)CSc2ccncc2)c([N+](=O)[O-])c1. The summed E-state index contributed by atoms with van der Waals surface area (Å²) in [6.45, 7) is 0. The number of aromatic nitrogens is 1. The molecule has 0 aliphatic carbocycles. The van der Waals surface area contributed by atoms with Crippen LogP contribution in [0, 0.1) is 10.1 Å². The van der Waals surface area contributed by atoms with Gasteiger partial charge in [0.05, 0.1) is 23.9 Å². The molecule has 0 radical (unpaired) electrons. The van der Waals surface area contributed by atoms with E-state index < -0.39 is 4.92 Å². The van der Waals surface area contributed by atoms with Crippen LogP contribution in [0.2, 0.25) is 0 Å². The maximum atomic E-state index is 11.9. The molecule has 114 valence electrons. The Morgan fingerprint density at radius 1 is 1.36 bits per heavy atom. The van der Waals surface area contributed by atoms with Crippen molar-refractivity contribution in [2.75, 3.05) is 18.2 Å². The molecule has 1 aromatic carbocycles. The second-order valence-corrected chi connectivity index (χ2v) is 5.21. The fourth-order valence-corrected chi connectivity index (χ4v) is 2.35. The monoisotopic (exact) mass is 319 g/mol. The number of benzene rings is 1. The highest BCUT2D eigenvalue weighted by Gasteiger charge is 2.17. The van der Waals surface area contributed by atoms with Crippen LogP contribution in [0.4, 0.5) is 11.4 Å². The van der Waals surface area contributed by atoms with E-state index in [4.69, 9.17) is 4.74 Å². The molecule has 0 bridgehead atoms. The highest BCUT2D eigenvalue weighted by molar-refractivity contribution is 8.00. The number of nitro groups is 1. The molecular weight excluding hydrogens is 306 g/mol. The maximum absolute atomic E-state index is 11.9. The second-order valence-electron chi connectivity index (χ2n) is 4.16. The summed E-state index contributed by atoms with van der Waals surface area (Å²) >= 11 is 1.32. The predicted octanol–water partition coefficient (Wildman–Crippen LogP) is 2.73. The molecule has 8 heteroatoms.